The van der Waals surface area contributed by atoms with Crippen LogP contribution < -0.4 is 0 Å². The molecule has 62 valence electrons. The average Bonchev–Trinajstić information content (AvgIpc) is 2.46. The molecule has 0 saturated heterocycles. The second-order valence-corrected chi connectivity index (χ2v) is 5.67. The average molecular weight is 289 g/mol. The summed E-state index contributed by atoms with van der Waals surface area (Å²) in [6.07, 6.45) is 0. The molecule has 1 aromatic carbocycles. The second kappa shape index (κ2) is 3.23. The summed E-state index contributed by atoms with van der Waals surface area (Å²) in [4.78, 5) is 3.30. The molecule has 1 aromatic heterocycles. The van der Waals surface area contributed by atoms with Crippen LogP contribution in [0.1, 0.15) is 9.43 Å². The zero-order valence-electron chi connectivity index (χ0n) is 6.22. The highest BCUT2D eigenvalue weighted by Crippen LogP contribution is 2.30. The van der Waals surface area contributed by atoms with Gasteiger partial charge < -0.3 is 4.98 Å². The Morgan fingerprint density at radius 2 is 1.92 bits per heavy atom. The van der Waals surface area contributed by atoms with Gasteiger partial charge in [-0.2, -0.15) is 0 Å². The lowest BCUT2D eigenvalue weighted by Crippen LogP contribution is -1.76. The van der Waals surface area contributed by atoms with Crippen molar-refractivity contribution < 1.29 is 0 Å². The summed E-state index contributed by atoms with van der Waals surface area (Å²) in [6, 6.07) is 10.4. The molecule has 0 aliphatic rings. The maximum Gasteiger partial charge on any atom is 0.109 e. The Labute approximate surface area is 87.4 Å². The number of hydrogen-bond donors (Lipinski definition) is 1. The fourth-order valence-corrected chi connectivity index (χ4v) is 1.71. The van der Waals surface area contributed by atoms with Crippen molar-refractivity contribution in [3.63, 3.8) is 0 Å². The third-order valence-electron chi connectivity index (χ3n) is 1.79. The lowest BCUT2D eigenvalue weighted by Gasteiger charge is -1.93. The van der Waals surface area contributed by atoms with E-state index in [9.17, 15) is 0 Å². The number of hydrogen-bond acceptors (Lipinski definition) is 0. The van der Waals surface area contributed by atoms with Crippen LogP contribution in [0.15, 0.2) is 30.3 Å². The van der Waals surface area contributed by atoms with Gasteiger partial charge >= 0.3 is 0 Å². The molecule has 2 aromatic rings. The summed E-state index contributed by atoms with van der Waals surface area (Å²) in [5.41, 5.74) is 2.33. The smallest absolute Gasteiger partial charge is 0.109 e. The Hall–Kier alpha value is -0.280. The highest BCUT2D eigenvalue weighted by Gasteiger charge is 2.05. The molecule has 0 fully saturated rings. The fraction of sp³-hybridized carbons (Fsp3) is 0.111. The molecule has 0 saturated carbocycles. The molecule has 0 aliphatic heterocycles. The lowest BCUT2D eigenvalue weighted by atomic mass is 10.2. The maximum atomic E-state index is 3.45. The molecule has 0 spiro atoms. The largest absolute Gasteiger partial charge is 0.357 e. The van der Waals surface area contributed by atoms with Crippen molar-refractivity contribution >= 4 is 42.8 Å². The number of aromatic nitrogens is 1. The highest BCUT2D eigenvalue weighted by molar-refractivity contribution is 9.24. The fourth-order valence-electron chi connectivity index (χ4n) is 1.21. The second-order valence-electron chi connectivity index (χ2n) is 2.61. The van der Waals surface area contributed by atoms with Gasteiger partial charge in [0, 0.05) is 11.2 Å². The lowest BCUT2D eigenvalue weighted by molar-refractivity contribution is 1.27. The van der Waals surface area contributed by atoms with E-state index in [1.165, 1.54) is 10.9 Å². The van der Waals surface area contributed by atoms with Crippen LogP contribution in [0.5, 0.6) is 0 Å². The standard InChI is InChI=1S/C9H7Br2N/c10-9(11)8-5-6-3-1-2-4-7(6)12-8/h1-5,9,12H. The Bertz CT molecular complexity index is 359. The number of aromatic amines is 1. The first-order valence-electron chi connectivity index (χ1n) is 3.63. The SMILES string of the molecule is BrC(Br)c1cc2ccccc2[nH]1. The molecular weight excluding hydrogens is 282 g/mol. The van der Waals surface area contributed by atoms with Crippen molar-refractivity contribution in [2.24, 2.45) is 0 Å². The number of rotatable bonds is 1. The minimum absolute atomic E-state index is 0.206. The summed E-state index contributed by atoms with van der Waals surface area (Å²) in [7, 11) is 0. The maximum absolute atomic E-state index is 3.45. The highest BCUT2D eigenvalue weighted by atomic mass is 79.9. The Morgan fingerprint density at radius 3 is 2.58 bits per heavy atom. The molecule has 0 amide bonds. The van der Waals surface area contributed by atoms with Gasteiger partial charge in [-0.25, -0.2) is 0 Å². The molecule has 0 atom stereocenters. The van der Waals surface area contributed by atoms with Crippen LogP contribution in [0.3, 0.4) is 0 Å². The minimum Gasteiger partial charge on any atom is -0.357 e. The van der Waals surface area contributed by atoms with E-state index in [0.717, 1.165) is 5.69 Å². The minimum atomic E-state index is 0.206. The summed E-state index contributed by atoms with van der Waals surface area (Å²) in [5.74, 6) is 0. The molecule has 0 aliphatic carbocycles. The monoisotopic (exact) mass is 287 g/mol. The van der Waals surface area contributed by atoms with E-state index < -0.39 is 0 Å². The third kappa shape index (κ3) is 1.43. The number of benzene rings is 1. The molecule has 0 radical (unpaired) electrons. The van der Waals surface area contributed by atoms with E-state index in [-0.39, 0.29) is 3.74 Å². The van der Waals surface area contributed by atoms with Gasteiger partial charge in [0.25, 0.3) is 0 Å². The number of para-hydroxylation sites is 1. The third-order valence-corrected chi connectivity index (χ3v) is 2.77. The predicted octanol–water partition coefficient (Wildman–Crippen LogP) is 3.96. The zero-order valence-corrected chi connectivity index (χ0v) is 9.39. The first kappa shape index (κ1) is 8.32. The predicted molar refractivity (Wildman–Crippen MR) is 58.9 cm³/mol. The Morgan fingerprint density at radius 1 is 1.17 bits per heavy atom. The van der Waals surface area contributed by atoms with Crippen molar-refractivity contribution in [1.29, 1.82) is 0 Å². The van der Waals surface area contributed by atoms with Gasteiger partial charge in [0.05, 0.1) is 0 Å². The number of nitrogens with one attached hydrogen (secondary N) is 1. The van der Waals surface area contributed by atoms with Crippen molar-refractivity contribution in [1.82, 2.24) is 4.98 Å². The normalized spacial score (nSPS) is 11.2. The molecule has 3 heteroatoms. The summed E-state index contributed by atoms with van der Waals surface area (Å²) in [6.45, 7) is 0. The number of alkyl halides is 2. The molecule has 1 N–H and O–H groups in total. The van der Waals surface area contributed by atoms with Gasteiger partial charge in [-0.3, -0.25) is 0 Å². The molecule has 1 nitrogen and oxygen atoms in total. The van der Waals surface area contributed by atoms with Gasteiger partial charge in [-0.1, -0.05) is 50.1 Å². The van der Waals surface area contributed by atoms with E-state index in [0.29, 0.717) is 0 Å². The Kier molecular flexibility index (Phi) is 2.24. The van der Waals surface area contributed by atoms with Gasteiger partial charge in [0.15, 0.2) is 0 Å². The van der Waals surface area contributed by atoms with E-state index in [1.54, 1.807) is 0 Å². The number of halogens is 2. The van der Waals surface area contributed by atoms with Gasteiger partial charge in [-0.15, -0.1) is 0 Å². The van der Waals surface area contributed by atoms with Gasteiger partial charge in [0.2, 0.25) is 0 Å². The van der Waals surface area contributed by atoms with Crippen LogP contribution in [0.25, 0.3) is 10.9 Å². The van der Waals surface area contributed by atoms with E-state index in [4.69, 9.17) is 0 Å². The van der Waals surface area contributed by atoms with E-state index in [2.05, 4.69) is 55.0 Å². The van der Waals surface area contributed by atoms with Crippen molar-refractivity contribution in [2.75, 3.05) is 0 Å². The van der Waals surface area contributed by atoms with Gasteiger partial charge in [0.1, 0.15) is 3.74 Å². The quantitative estimate of drug-likeness (QED) is 0.765. The van der Waals surface area contributed by atoms with Crippen molar-refractivity contribution in [2.45, 2.75) is 3.74 Å². The van der Waals surface area contributed by atoms with Crippen molar-refractivity contribution in [3.8, 4) is 0 Å². The van der Waals surface area contributed by atoms with Crippen LogP contribution in [-0.2, 0) is 0 Å². The zero-order chi connectivity index (χ0) is 8.55. The first-order valence-corrected chi connectivity index (χ1v) is 5.46. The van der Waals surface area contributed by atoms with Crippen LogP contribution in [-0.4, -0.2) is 4.98 Å². The number of fused-ring (bicyclic) bond motifs is 1. The molecular formula is C9H7Br2N. The van der Waals surface area contributed by atoms with Crippen LogP contribution in [0.2, 0.25) is 0 Å². The Balaban J connectivity index is 2.62. The molecule has 12 heavy (non-hydrogen) atoms. The summed E-state index contributed by atoms with van der Waals surface area (Å²) in [5, 5.41) is 1.25. The van der Waals surface area contributed by atoms with Gasteiger partial charge in [-0.05, 0) is 17.5 Å². The molecule has 1 heterocycles. The molecule has 0 bridgehead atoms. The van der Waals surface area contributed by atoms with Crippen molar-refractivity contribution in [3.05, 3.63) is 36.0 Å². The number of H-pyrrole nitrogens is 1. The van der Waals surface area contributed by atoms with E-state index in [1.807, 2.05) is 12.1 Å². The van der Waals surface area contributed by atoms with E-state index >= 15 is 0 Å². The summed E-state index contributed by atoms with van der Waals surface area (Å²) < 4.78 is 0.206. The van der Waals surface area contributed by atoms with Crippen LogP contribution >= 0.6 is 31.9 Å². The first-order chi connectivity index (χ1) is 5.77. The summed E-state index contributed by atoms with van der Waals surface area (Å²) >= 11 is 6.89. The molecule has 2 rings (SSSR count). The van der Waals surface area contributed by atoms with Crippen LogP contribution in [0, 0.1) is 0 Å². The topological polar surface area (TPSA) is 15.8 Å². The van der Waals surface area contributed by atoms with Crippen LogP contribution in [0.4, 0.5) is 0 Å². The molecule has 0 unspecified atom stereocenters.